The Labute approximate surface area is 87.5 Å². The summed E-state index contributed by atoms with van der Waals surface area (Å²) in [5, 5.41) is 9.01. The van der Waals surface area contributed by atoms with E-state index in [1.807, 2.05) is 11.4 Å². The van der Waals surface area contributed by atoms with E-state index in [2.05, 4.69) is 0 Å². The second-order valence-electron chi connectivity index (χ2n) is 1.88. The molecule has 0 saturated carbocycles. The Balaban J connectivity index is 0. The van der Waals surface area contributed by atoms with Crippen molar-refractivity contribution in [2.45, 2.75) is 6.54 Å². The van der Waals surface area contributed by atoms with Gasteiger partial charge in [-0.3, -0.25) is 5.41 Å². The minimum absolute atomic E-state index is 0. The van der Waals surface area contributed by atoms with E-state index in [9.17, 15) is 0 Å². The van der Waals surface area contributed by atoms with Crippen LogP contribution in [0, 0.1) is 5.41 Å². The Morgan fingerprint density at radius 3 is 2.42 bits per heavy atom. The molecule has 70 valence electrons. The van der Waals surface area contributed by atoms with Crippen molar-refractivity contribution in [3.8, 4) is 0 Å². The molecule has 0 bridgehead atoms. The van der Waals surface area contributed by atoms with Gasteiger partial charge >= 0.3 is 0 Å². The lowest BCUT2D eigenvalue weighted by Gasteiger charge is -1.95. The first-order valence-corrected chi connectivity index (χ1v) is 3.74. The van der Waals surface area contributed by atoms with Crippen molar-refractivity contribution in [2.75, 3.05) is 0 Å². The van der Waals surface area contributed by atoms with Crippen LogP contribution in [0.1, 0.15) is 10.4 Å². The van der Waals surface area contributed by atoms with E-state index in [0.29, 0.717) is 6.54 Å². The zero-order valence-corrected chi connectivity index (χ0v) is 8.69. The van der Waals surface area contributed by atoms with Gasteiger partial charge in [0.25, 0.3) is 0 Å². The molecule has 3 nitrogen and oxygen atoms in total. The number of rotatable bonds is 2. The molecule has 0 fully saturated rings. The van der Waals surface area contributed by atoms with Gasteiger partial charge in [-0.25, -0.2) is 0 Å². The molecular formula is C6H11Cl2N3S. The largest absolute Gasteiger partial charge is 0.384 e. The molecule has 0 saturated heterocycles. The van der Waals surface area contributed by atoms with E-state index in [4.69, 9.17) is 16.9 Å². The van der Waals surface area contributed by atoms with E-state index < -0.39 is 0 Å². The number of hydrogen-bond donors (Lipinski definition) is 3. The highest BCUT2D eigenvalue weighted by molar-refractivity contribution is 7.10. The van der Waals surface area contributed by atoms with Crippen LogP contribution in [0.25, 0.3) is 0 Å². The summed E-state index contributed by atoms with van der Waals surface area (Å²) in [6.07, 6.45) is 0. The standard InChI is InChI=1S/C6H9N3S.2ClH/c7-3-5-4(6(8)9)1-2-10-5;;/h1-2H,3,7H2,(H3,8,9);2*1H. The van der Waals surface area contributed by atoms with Crippen molar-refractivity contribution < 1.29 is 0 Å². The molecule has 0 radical (unpaired) electrons. The normalized spacial score (nSPS) is 8.08. The van der Waals surface area contributed by atoms with E-state index in [-0.39, 0.29) is 30.6 Å². The Morgan fingerprint density at radius 2 is 2.08 bits per heavy atom. The van der Waals surface area contributed by atoms with Crippen LogP contribution >= 0.6 is 36.2 Å². The number of hydrogen-bond acceptors (Lipinski definition) is 3. The number of nitrogen functional groups attached to an aromatic ring is 1. The number of nitrogens with two attached hydrogens (primary N) is 2. The molecule has 0 aliphatic carbocycles. The van der Waals surface area contributed by atoms with E-state index in [1.54, 1.807) is 0 Å². The molecule has 0 aliphatic heterocycles. The van der Waals surface area contributed by atoms with Crippen molar-refractivity contribution in [3.63, 3.8) is 0 Å². The maximum absolute atomic E-state index is 7.13. The lowest BCUT2D eigenvalue weighted by atomic mass is 10.2. The van der Waals surface area contributed by atoms with Crippen LogP contribution in [0.5, 0.6) is 0 Å². The summed E-state index contributed by atoms with van der Waals surface area (Å²) in [4.78, 5) is 0.979. The third kappa shape index (κ3) is 2.98. The maximum Gasteiger partial charge on any atom is 0.123 e. The third-order valence-corrected chi connectivity index (χ3v) is 2.16. The highest BCUT2D eigenvalue weighted by Crippen LogP contribution is 2.14. The third-order valence-electron chi connectivity index (χ3n) is 1.22. The molecule has 0 amide bonds. The van der Waals surface area contributed by atoms with Gasteiger partial charge in [-0.1, -0.05) is 0 Å². The maximum atomic E-state index is 7.13. The van der Waals surface area contributed by atoms with E-state index in [1.165, 1.54) is 11.3 Å². The molecule has 0 aliphatic rings. The van der Waals surface area contributed by atoms with E-state index >= 15 is 0 Å². The Morgan fingerprint density at radius 1 is 1.50 bits per heavy atom. The van der Waals surface area contributed by atoms with Gasteiger partial charge in [0, 0.05) is 17.0 Å². The molecule has 1 rings (SSSR count). The predicted octanol–water partition coefficient (Wildman–Crippen LogP) is 1.33. The van der Waals surface area contributed by atoms with Gasteiger partial charge in [0.15, 0.2) is 0 Å². The fraction of sp³-hybridized carbons (Fsp3) is 0.167. The molecule has 12 heavy (non-hydrogen) atoms. The summed E-state index contributed by atoms with van der Waals surface area (Å²) in [7, 11) is 0. The SMILES string of the molecule is Cl.Cl.N=C(N)c1ccsc1CN. The van der Waals surface area contributed by atoms with Crippen LogP contribution < -0.4 is 11.5 Å². The Hall–Kier alpha value is -0.290. The average molecular weight is 228 g/mol. The summed E-state index contributed by atoms with van der Waals surface area (Å²) in [5.74, 6) is 0.0988. The molecule has 0 atom stereocenters. The minimum atomic E-state index is 0. The molecule has 1 aromatic heterocycles. The first kappa shape index (κ1) is 14.2. The zero-order chi connectivity index (χ0) is 7.56. The van der Waals surface area contributed by atoms with Crippen LogP contribution in [0.4, 0.5) is 0 Å². The Kier molecular flexibility index (Phi) is 7.42. The van der Waals surface area contributed by atoms with Crippen LogP contribution in [0.2, 0.25) is 0 Å². The molecule has 1 aromatic rings. The quantitative estimate of drug-likeness (QED) is 0.527. The molecule has 0 spiro atoms. The van der Waals surface area contributed by atoms with Crippen LogP contribution in [-0.2, 0) is 6.54 Å². The second kappa shape index (κ2) is 6.25. The van der Waals surface area contributed by atoms with Gasteiger partial charge in [0.2, 0.25) is 0 Å². The summed E-state index contributed by atoms with van der Waals surface area (Å²) in [5.41, 5.74) is 11.4. The predicted molar refractivity (Wildman–Crippen MR) is 57.7 cm³/mol. The summed E-state index contributed by atoms with van der Waals surface area (Å²) in [6.45, 7) is 0.465. The lowest BCUT2D eigenvalue weighted by molar-refractivity contribution is 1.10. The number of nitrogens with one attached hydrogen (secondary N) is 1. The minimum Gasteiger partial charge on any atom is -0.384 e. The average Bonchev–Trinajstić information content (AvgIpc) is 2.33. The summed E-state index contributed by atoms with van der Waals surface area (Å²) < 4.78 is 0. The zero-order valence-electron chi connectivity index (χ0n) is 6.24. The number of thiophene rings is 1. The molecule has 0 unspecified atom stereocenters. The van der Waals surface area contributed by atoms with Crippen molar-refractivity contribution in [3.05, 3.63) is 21.9 Å². The first-order valence-electron chi connectivity index (χ1n) is 2.86. The van der Waals surface area contributed by atoms with Crippen molar-refractivity contribution in [1.82, 2.24) is 0 Å². The first-order chi connectivity index (χ1) is 4.75. The van der Waals surface area contributed by atoms with Gasteiger partial charge in [0.05, 0.1) is 0 Å². The van der Waals surface area contributed by atoms with Gasteiger partial charge in [-0.15, -0.1) is 36.2 Å². The van der Waals surface area contributed by atoms with Gasteiger partial charge in [0.1, 0.15) is 5.84 Å². The molecule has 0 aromatic carbocycles. The molecule has 1 heterocycles. The van der Waals surface area contributed by atoms with Crippen LogP contribution in [0.3, 0.4) is 0 Å². The molecule has 5 N–H and O–H groups in total. The van der Waals surface area contributed by atoms with Crippen LogP contribution in [0.15, 0.2) is 11.4 Å². The highest BCUT2D eigenvalue weighted by atomic mass is 35.5. The summed E-state index contributed by atoms with van der Waals surface area (Å²) in [6, 6.07) is 1.81. The fourth-order valence-corrected chi connectivity index (χ4v) is 1.51. The smallest absolute Gasteiger partial charge is 0.123 e. The number of halogens is 2. The van der Waals surface area contributed by atoms with Crippen molar-refractivity contribution >= 4 is 42.0 Å². The van der Waals surface area contributed by atoms with Crippen LogP contribution in [-0.4, -0.2) is 5.84 Å². The van der Waals surface area contributed by atoms with Gasteiger partial charge < -0.3 is 11.5 Å². The molecular weight excluding hydrogens is 217 g/mol. The lowest BCUT2D eigenvalue weighted by Crippen LogP contribution is -2.13. The van der Waals surface area contributed by atoms with Crippen molar-refractivity contribution in [2.24, 2.45) is 11.5 Å². The van der Waals surface area contributed by atoms with E-state index in [0.717, 1.165) is 10.4 Å². The monoisotopic (exact) mass is 227 g/mol. The Bertz CT molecular complexity index is 249. The summed E-state index contributed by atoms with van der Waals surface area (Å²) >= 11 is 1.53. The fourth-order valence-electron chi connectivity index (χ4n) is 0.739. The molecule has 6 heteroatoms. The van der Waals surface area contributed by atoms with Gasteiger partial charge in [-0.2, -0.15) is 0 Å². The second-order valence-corrected chi connectivity index (χ2v) is 2.88. The topological polar surface area (TPSA) is 75.9 Å². The van der Waals surface area contributed by atoms with Crippen molar-refractivity contribution in [1.29, 1.82) is 5.41 Å². The highest BCUT2D eigenvalue weighted by Gasteiger charge is 2.03. The number of amidine groups is 1. The van der Waals surface area contributed by atoms with Gasteiger partial charge in [-0.05, 0) is 11.4 Å².